The predicted octanol–water partition coefficient (Wildman–Crippen LogP) is 3.77. The average molecular weight is 429 g/mol. The minimum Gasteiger partial charge on any atom is -0.495 e. The summed E-state index contributed by atoms with van der Waals surface area (Å²) in [6.45, 7) is 6.95. The molecule has 0 aliphatic carbocycles. The van der Waals surface area contributed by atoms with Gasteiger partial charge < -0.3 is 19.0 Å². The van der Waals surface area contributed by atoms with Crippen LogP contribution < -0.4 is 9.64 Å². The molecule has 0 radical (unpaired) electrons. The van der Waals surface area contributed by atoms with E-state index >= 15 is 0 Å². The largest absolute Gasteiger partial charge is 0.495 e. The standard InChI is InChI=1S/C22H25ClN4O3/c1-15-21(23)16(2)27(24-15)14-17-8-9-20(30-17)22(28)26-12-10-25(11-13-26)18-6-4-5-7-19(18)29-3/h4-9H,10-14H2,1-3H3. The van der Waals surface area contributed by atoms with Crippen LogP contribution in [0.15, 0.2) is 40.8 Å². The van der Waals surface area contributed by atoms with Crippen LogP contribution in [0, 0.1) is 13.8 Å². The summed E-state index contributed by atoms with van der Waals surface area (Å²) in [5, 5.41) is 5.07. The molecule has 1 saturated heterocycles. The zero-order valence-corrected chi connectivity index (χ0v) is 18.1. The molecule has 1 aliphatic rings. The molecular weight excluding hydrogens is 404 g/mol. The van der Waals surface area contributed by atoms with E-state index in [0.717, 1.165) is 35.9 Å². The van der Waals surface area contributed by atoms with Crippen molar-refractivity contribution >= 4 is 23.2 Å². The average Bonchev–Trinajstić information content (AvgIpc) is 3.34. The van der Waals surface area contributed by atoms with E-state index in [2.05, 4.69) is 10.00 Å². The summed E-state index contributed by atoms with van der Waals surface area (Å²) in [6, 6.07) is 11.5. The SMILES string of the molecule is COc1ccccc1N1CCN(C(=O)c2ccc(Cn3nc(C)c(Cl)c3C)o2)CC1. The monoisotopic (exact) mass is 428 g/mol. The van der Waals surface area contributed by atoms with E-state index in [9.17, 15) is 4.79 Å². The topological polar surface area (TPSA) is 63.7 Å². The lowest BCUT2D eigenvalue weighted by atomic mass is 10.2. The van der Waals surface area contributed by atoms with Crippen molar-refractivity contribution in [1.82, 2.24) is 14.7 Å². The van der Waals surface area contributed by atoms with Crippen LogP contribution in [0.2, 0.25) is 5.02 Å². The Morgan fingerprint density at radius 2 is 1.87 bits per heavy atom. The number of carbonyl (C=O) groups is 1. The van der Waals surface area contributed by atoms with Gasteiger partial charge in [-0.25, -0.2) is 0 Å². The maximum absolute atomic E-state index is 12.9. The van der Waals surface area contributed by atoms with Gasteiger partial charge in [-0.2, -0.15) is 5.10 Å². The molecule has 4 rings (SSSR count). The Kier molecular flexibility index (Phi) is 5.72. The smallest absolute Gasteiger partial charge is 0.289 e. The molecular formula is C22H25ClN4O3. The fraction of sp³-hybridized carbons (Fsp3) is 0.364. The van der Waals surface area contributed by atoms with E-state index in [0.29, 0.717) is 36.2 Å². The van der Waals surface area contributed by atoms with Crippen molar-refractivity contribution in [2.24, 2.45) is 0 Å². The lowest BCUT2D eigenvalue weighted by molar-refractivity contribution is 0.0712. The van der Waals surface area contributed by atoms with Crippen molar-refractivity contribution in [2.75, 3.05) is 38.2 Å². The second-order valence-electron chi connectivity index (χ2n) is 7.36. The van der Waals surface area contributed by atoms with Crippen molar-refractivity contribution in [2.45, 2.75) is 20.4 Å². The molecule has 3 heterocycles. The molecule has 1 amide bonds. The van der Waals surface area contributed by atoms with Gasteiger partial charge in [0, 0.05) is 26.2 Å². The number of methoxy groups -OCH3 is 1. The van der Waals surface area contributed by atoms with Crippen LogP contribution in [-0.2, 0) is 6.54 Å². The number of rotatable bonds is 5. The van der Waals surface area contributed by atoms with Gasteiger partial charge in [0.2, 0.25) is 0 Å². The molecule has 1 aromatic carbocycles. The minimum absolute atomic E-state index is 0.0904. The highest BCUT2D eigenvalue weighted by Crippen LogP contribution is 2.28. The van der Waals surface area contributed by atoms with E-state index in [-0.39, 0.29) is 5.91 Å². The van der Waals surface area contributed by atoms with Crippen LogP contribution in [-0.4, -0.2) is 53.9 Å². The third-order valence-corrected chi connectivity index (χ3v) is 6.01. The highest BCUT2D eigenvalue weighted by atomic mass is 35.5. The molecule has 0 saturated carbocycles. The molecule has 0 unspecified atom stereocenters. The first-order chi connectivity index (χ1) is 14.5. The van der Waals surface area contributed by atoms with Gasteiger partial charge in [-0.3, -0.25) is 9.48 Å². The van der Waals surface area contributed by atoms with Crippen molar-refractivity contribution < 1.29 is 13.9 Å². The number of ether oxygens (including phenoxy) is 1. The van der Waals surface area contributed by atoms with Crippen LogP contribution >= 0.6 is 11.6 Å². The quantitative estimate of drug-likeness (QED) is 0.619. The second kappa shape index (κ2) is 8.44. The summed E-state index contributed by atoms with van der Waals surface area (Å²) >= 11 is 6.21. The van der Waals surface area contributed by atoms with Crippen LogP contribution in [0.25, 0.3) is 0 Å². The van der Waals surface area contributed by atoms with Crippen LogP contribution in [0.3, 0.4) is 0 Å². The molecule has 0 N–H and O–H groups in total. The summed E-state index contributed by atoms with van der Waals surface area (Å²) < 4.78 is 13.1. The molecule has 0 atom stereocenters. The van der Waals surface area contributed by atoms with Crippen molar-refractivity contribution in [3.63, 3.8) is 0 Å². The van der Waals surface area contributed by atoms with E-state index < -0.39 is 0 Å². The maximum Gasteiger partial charge on any atom is 0.289 e. The number of para-hydroxylation sites is 2. The minimum atomic E-state index is -0.0904. The number of benzene rings is 1. The molecule has 0 spiro atoms. The van der Waals surface area contributed by atoms with E-state index in [1.54, 1.807) is 17.9 Å². The molecule has 0 bridgehead atoms. The molecule has 2 aromatic heterocycles. The Labute approximate surface area is 180 Å². The number of aryl methyl sites for hydroxylation is 1. The Balaban J connectivity index is 1.39. The highest BCUT2D eigenvalue weighted by molar-refractivity contribution is 6.31. The normalized spacial score (nSPS) is 14.3. The lowest BCUT2D eigenvalue weighted by Gasteiger charge is -2.36. The zero-order chi connectivity index (χ0) is 21.3. The number of aromatic nitrogens is 2. The molecule has 3 aromatic rings. The first-order valence-corrected chi connectivity index (χ1v) is 10.3. The van der Waals surface area contributed by atoms with Gasteiger partial charge in [-0.15, -0.1) is 0 Å². The maximum atomic E-state index is 12.9. The predicted molar refractivity (Wildman–Crippen MR) is 116 cm³/mol. The molecule has 7 nitrogen and oxygen atoms in total. The van der Waals surface area contributed by atoms with Gasteiger partial charge in [0.05, 0.1) is 35.8 Å². The fourth-order valence-electron chi connectivity index (χ4n) is 3.75. The van der Waals surface area contributed by atoms with Gasteiger partial charge in [0.1, 0.15) is 11.5 Å². The lowest BCUT2D eigenvalue weighted by Crippen LogP contribution is -2.48. The van der Waals surface area contributed by atoms with E-state index in [1.165, 1.54) is 0 Å². The molecule has 158 valence electrons. The Morgan fingerprint density at radius 3 is 2.53 bits per heavy atom. The van der Waals surface area contributed by atoms with E-state index in [1.807, 2.05) is 49.1 Å². The second-order valence-corrected chi connectivity index (χ2v) is 7.74. The summed E-state index contributed by atoms with van der Waals surface area (Å²) in [5.41, 5.74) is 2.71. The molecule has 1 fully saturated rings. The van der Waals surface area contributed by atoms with E-state index in [4.69, 9.17) is 20.8 Å². The number of piperazine rings is 1. The van der Waals surface area contributed by atoms with Crippen molar-refractivity contribution in [3.8, 4) is 5.75 Å². The Bertz CT molecular complexity index is 1050. The number of hydrogen-bond acceptors (Lipinski definition) is 5. The van der Waals surface area contributed by atoms with Crippen molar-refractivity contribution in [1.29, 1.82) is 0 Å². The fourth-order valence-corrected chi connectivity index (χ4v) is 3.89. The van der Waals surface area contributed by atoms with Crippen LogP contribution in [0.5, 0.6) is 5.75 Å². The van der Waals surface area contributed by atoms with Crippen molar-refractivity contribution in [3.05, 3.63) is 64.3 Å². The Hall–Kier alpha value is -2.93. The first kappa shape index (κ1) is 20.3. The van der Waals surface area contributed by atoms with Gasteiger partial charge in [0.25, 0.3) is 5.91 Å². The highest BCUT2D eigenvalue weighted by Gasteiger charge is 2.25. The summed E-state index contributed by atoms with van der Waals surface area (Å²) in [4.78, 5) is 17.0. The van der Waals surface area contributed by atoms with Gasteiger partial charge >= 0.3 is 0 Å². The molecule has 30 heavy (non-hydrogen) atoms. The summed E-state index contributed by atoms with van der Waals surface area (Å²) in [5.74, 6) is 1.78. The number of furan rings is 1. The molecule has 8 heteroatoms. The van der Waals surface area contributed by atoms with Crippen LogP contribution in [0.1, 0.15) is 27.7 Å². The Morgan fingerprint density at radius 1 is 1.13 bits per heavy atom. The van der Waals surface area contributed by atoms with Gasteiger partial charge in [-0.05, 0) is 38.1 Å². The van der Waals surface area contributed by atoms with Gasteiger partial charge in [-0.1, -0.05) is 23.7 Å². The summed E-state index contributed by atoms with van der Waals surface area (Å²) in [7, 11) is 1.67. The number of halogens is 1. The molecule has 1 aliphatic heterocycles. The third-order valence-electron chi connectivity index (χ3n) is 5.46. The number of nitrogens with zero attached hydrogens (tertiary/aromatic N) is 4. The van der Waals surface area contributed by atoms with Gasteiger partial charge in [0.15, 0.2) is 5.76 Å². The zero-order valence-electron chi connectivity index (χ0n) is 17.4. The number of amides is 1. The number of carbonyl (C=O) groups excluding carboxylic acids is 1. The number of hydrogen-bond donors (Lipinski definition) is 0. The summed E-state index contributed by atoms with van der Waals surface area (Å²) in [6.07, 6.45) is 0. The third kappa shape index (κ3) is 3.89. The number of anilines is 1. The first-order valence-electron chi connectivity index (χ1n) is 9.93. The van der Waals surface area contributed by atoms with Crippen LogP contribution in [0.4, 0.5) is 5.69 Å².